The Bertz CT molecular complexity index is 167. The van der Waals surface area contributed by atoms with Crippen LogP contribution in [0.15, 0.2) is 0 Å². The molecule has 3 nitrogen and oxygen atoms in total. The summed E-state index contributed by atoms with van der Waals surface area (Å²) < 4.78 is 0. The highest BCUT2D eigenvalue weighted by Crippen LogP contribution is 2.10. The minimum atomic E-state index is 0.106. The molecule has 1 N–H and O–H groups in total. The second-order valence-electron chi connectivity index (χ2n) is 3.34. The monoisotopic (exact) mass is 202 g/mol. The maximum atomic E-state index is 11.1. The largest absolute Gasteiger partial charge is 0.344 e. The van der Waals surface area contributed by atoms with Crippen molar-refractivity contribution >= 4 is 17.0 Å². The third-order valence-corrected chi connectivity index (χ3v) is 3.03. The molecule has 0 saturated carbocycles. The Kier molecular flexibility index (Phi) is 4.59. The molecule has 0 aromatic rings. The molecular weight excluding hydrogens is 184 g/mol. The molecule has 0 unspecified atom stereocenters. The molecule has 76 valence electrons. The molecule has 0 bridgehead atoms. The molecule has 1 heterocycles. The quantitative estimate of drug-likeness (QED) is 0.737. The van der Waals surface area contributed by atoms with E-state index in [1.807, 2.05) is 6.26 Å². The lowest BCUT2D eigenvalue weighted by Gasteiger charge is -2.31. The van der Waals surface area contributed by atoms with Crippen LogP contribution in [-0.4, -0.2) is 42.1 Å². The molecule has 0 radical (unpaired) electrons. The van der Waals surface area contributed by atoms with Gasteiger partial charge in [-0.1, -0.05) is 18.7 Å². The van der Waals surface area contributed by atoms with Crippen LogP contribution in [0.1, 0.15) is 19.8 Å². The fourth-order valence-electron chi connectivity index (χ4n) is 1.62. The van der Waals surface area contributed by atoms with Gasteiger partial charge in [-0.05, 0) is 25.6 Å². The topological polar surface area (TPSA) is 32.3 Å². The first-order valence-corrected chi connectivity index (χ1v) is 6.05. The number of amides is 1. The van der Waals surface area contributed by atoms with E-state index in [0.717, 1.165) is 32.5 Å². The van der Waals surface area contributed by atoms with Gasteiger partial charge in [-0.3, -0.25) is 4.79 Å². The number of hydrogen-bond acceptors (Lipinski definition) is 3. The predicted octanol–water partition coefficient (Wildman–Crippen LogP) is 1.54. The van der Waals surface area contributed by atoms with Gasteiger partial charge >= 0.3 is 0 Å². The summed E-state index contributed by atoms with van der Waals surface area (Å²) in [5.41, 5.74) is 0. The highest BCUT2D eigenvalue weighted by Gasteiger charge is 2.18. The molecule has 0 aliphatic carbocycles. The van der Waals surface area contributed by atoms with Crippen LogP contribution >= 0.6 is 11.8 Å². The van der Waals surface area contributed by atoms with E-state index < -0.39 is 0 Å². The second-order valence-corrected chi connectivity index (χ2v) is 4.12. The molecule has 0 spiro atoms. The van der Waals surface area contributed by atoms with Crippen LogP contribution in [0.5, 0.6) is 0 Å². The molecular formula is C9H18N2OS. The first-order chi connectivity index (χ1) is 6.26. The lowest BCUT2D eigenvalue weighted by molar-refractivity contribution is 0.206. The van der Waals surface area contributed by atoms with Crippen molar-refractivity contribution in [2.45, 2.75) is 25.8 Å². The summed E-state index contributed by atoms with van der Waals surface area (Å²) in [5.74, 6) is 0. The van der Waals surface area contributed by atoms with Crippen molar-refractivity contribution in [1.29, 1.82) is 0 Å². The number of hydrogen-bond donors (Lipinski definition) is 1. The van der Waals surface area contributed by atoms with Crippen LogP contribution in [0, 0.1) is 0 Å². The van der Waals surface area contributed by atoms with E-state index in [1.165, 1.54) is 11.8 Å². The van der Waals surface area contributed by atoms with Crippen molar-refractivity contribution in [2.24, 2.45) is 0 Å². The zero-order chi connectivity index (χ0) is 9.68. The number of rotatable bonds is 2. The average Bonchev–Trinajstić information content (AvgIpc) is 2.19. The van der Waals surface area contributed by atoms with Crippen LogP contribution in [0.2, 0.25) is 0 Å². The fraction of sp³-hybridized carbons (Fsp3) is 0.889. The Balaban J connectivity index is 2.21. The van der Waals surface area contributed by atoms with E-state index in [9.17, 15) is 4.79 Å². The predicted molar refractivity (Wildman–Crippen MR) is 57.2 cm³/mol. The molecule has 0 aromatic carbocycles. The lowest BCUT2D eigenvalue weighted by Crippen LogP contribution is -2.43. The van der Waals surface area contributed by atoms with Gasteiger partial charge in [-0.2, -0.15) is 0 Å². The number of thioether (sulfide) groups is 1. The molecule has 1 aliphatic heterocycles. The van der Waals surface area contributed by atoms with E-state index in [1.54, 1.807) is 0 Å². The van der Waals surface area contributed by atoms with Crippen molar-refractivity contribution < 1.29 is 4.79 Å². The van der Waals surface area contributed by atoms with Gasteiger partial charge in [0.15, 0.2) is 0 Å². The Hall–Kier alpha value is -0.220. The summed E-state index contributed by atoms with van der Waals surface area (Å²) in [6.45, 7) is 5.55. The molecule has 1 amide bonds. The third-order valence-electron chi connectivity index (χ3n) is 2.54. The molecule has 13 heavy (non-hydrogen) atoms. The zero-order valence-corrected chi connectivity index (χ0v) is 9.19. The van der Waals surface area contributed by atoms with Gasteiger partial charge in [0.05, 0.1) is 0 Å². The normalized spacial score (nSPS) is 20.2. The van der Waals surface area contributed by atoms with Gasteiger partial charge < -0.3 is 10.2 Å². The molecule has 0 aromatic heterocycles. The number of likely N-dealkylation sites (tertiary alicyclic amines) is 1. The van der Waals surface area contributed by atoms with Gasteiger partial charge in [0.1, 0.15) is 0 Å². The van der Waals surface area contributed by atoms with Crippen LogP contribution in [0.25, 0.3) is 0 Å². The molecule has 4 heteroatoms. The molecule has 1 fully saturated rings. The average molecular weight is 202 g/mol. The Morgan fingerprint density at radius 1 is 1.54 bits per heavy atom. The molecule has 0 atom stereocenters. The third kappa shape index (κ3) is 3.56. The minimum Gasteiger partial charge on any atom is -0.344 e. The van der Waals surface area contributed by atoms with Crippen molar-refractivity contribution in [3.05, 3.63) is 0 Å². The van der Waals surface area contributed by atoms with Crippen LogP contribution in [0.3, 0.4) is 0 Å². The summed E-state index contributed by atoms with van der Waals surface area (Å²) in [5, 5.41) is 3.12. The van der Waals surface area contributed by atoms with Gasteiger partial charge in [0.25, 0.3) is 5.24 Å². The van der Waals surface area contributed by atoms with Crippen molar-refractivity contribution in [3.63, 3.8) is 0 Å². The van der Waals surface area contributed by atoms with Crippen molar-refractivity contribution in [2.75, 3.05) is 25.9 Å². The summed E-state index contributed by atoms with van der Waals surface area (Å²) in [7, 11) is 0. The maximum absolute atomic E-state index is 11.1. The maximum Gasteiger partial charge on any atom is 0.278 e. The Labute approximate surface area is 84.2 Å². The lowest BCUT2D eigenvalue weighted by atomic mass is 10.1. The number of piperidine rings is 1. The SMILES string of the molecule is CCN1CCC(NC(=O)SC)CC1. The Morgan fingerprint density at radius 3 is 2.62 bits per heavy atom. The van der Waals surface area contributed by atoms with E-state index in [2.05, 4.69) is 17.1 Å². The minimum absolute atomic E-state index is 0.106. The fourth-order valence-corrected chi connectivity index (χ4v) is 1.90. The van der Waals surface area contributed by atoms with Gasteiger partial charge in [0, 0.05) is 19.1 Å². The van der Waals surface area contributed by atoms with Gasteiger partial charge in [-0.15, -0.1) is 0 Å². The van der Waals surface area contributed by atoms with Crippen molar-refractivity contribution in [3.8, 4) is 0 Å². The number of nitrogens with one attached hydrogen (secondary N) is 1. The molecule has 1 aliphatic rings. The highest BCUT2D eigenvalue weighted by atomic mass is 32.2. The van der Waals surface area contributed by atoms with Crippen LogP contribution in [-0.2, 0) is 0 Å². The standard InChI is InChI=1S/C9H18N2OS/c1-3-11-6-4-8(5-7-11)10-9(12)13-2/h8H,3-7H2,1-2H3,(H,10,12). The summed E-state index contributed by atoms with van der Waals surface area (Å²) >= 11 is 1.26. The zero-order valence-electron chi connectivity index (χ0n) is 8.38. The van der Waals surface area contributed by atoms with E-state index in [4.69, 9.17) is 0 Å². The van der Waals surface area contributed by atoms with E-state index in [0.29, 0.717) is 6.04 Å². The summed E-state index contributed by atoms with van der Waals surface area (Å²) in [4.78, 5) is 13.5. The summed E-state index contributed by atoms with van der Waals surface area (Å²) in [6.07, 6.45) is 4.01. The highest BCUT2D eigenvalue weighted by molar-refractivity contribution is 8.12. The number of carbonyl (C=O) groups excluding carboxylic acids is 1. The smallest absolute Gasteiger partial charge is 0.278 e. The van der Waals surface area contributed by atoms with E-state index in [-0.39, 0.29) is 5.24 Å². The first kappa shape index (κ1) is 10.9. The molecule has 1 saturated heterocycles. The van der Waals surface area contributed by atoms with Gasteiger partial charge in [-0.25, -0.2) is 0 Å². The van der Waals surface area contributed by atoms with E-state index >= 15 is 0 Å². The van der Waals surface area contributed by atoms with Gasteiger partial charge in [0.2, 0.25) is 0 Å². The van der Waals surface area contributed by atoms with Crippen LogP contribution < -0.4 is 5.32 Å². The summed E-state index contributed by atoms with van der Waals surface area (Å²) in [6, 6.07) is 0.405. The first-order valence-electron chi connectivity index (χ1n) is 4.83. The number of nitrogens with zero attached hydrogens (tertiary/aromatic N) is 1. The Morgan fingerprint density at radius 2 is 2.15 bits per heavy atom. The molecule has 1 rings (SSSR count). The second kappa shape index (κ2) is 5.50. The van der Waals surface area contributed by atoms with Crippen LogP contribution in [0.4, 0.5) is 4.79 Å². The van der Waals surface area contributed by atoms with Crippen molar-refractivity contribution in [1.82, 2.24) is 10.2 Å². The number of carbonyl (C=O) groups is 1.